The van der Waals surface area contributed by atoms with Crippen LogP contribution < -0.4 is 10.8 Å². The summed E-state index contributed by atoms with van der Waals surface area (Å²) in [5, 5.41) is 3.32. The number of carbonyl (C=O) groups is 1. The Balaban J connectivity index is 2.03. The number of amides is 2. The first-order valence-corrected chi connectivity index (χ1v) is 5.06. The van der Waals surface area contributed by atoms with E-state index < -0.39 is 0 Å². The third-order valence-electron chi connectivity index (χ3n) is 1.71. The smallest absolute Gasteiger partial charge is 0.335 e. The van der Waals surface area contributed by atoms with Crippen LogP contribution in [-0.4, -0.2) is 30.7 Å². The minimum absolute atomic E-state index is 0.259. The molecule has 0 aliphatic carbocycles. The standard InChI is InChI=1S/C7H14N2O2S/c1-11-9-7(10)8-5-6-3-2-4-12-6/h6H,2-5H2,1H3,(H2,8,9,10). The zero-order chi connectivity index (χ0) is 8.81. The van der Waals surface area contributed by atoms with Gasteiger partial charge in [-0.1, -0.05) is 0 Å². The van der Waals surface area contributed by atoms with Crippen molar-refractivity contribution in [3.05, 3.63) is 0 Å². The number of rotatable bonds is 3. The van der Waals surface area contributed by atoms with Crippen molar-refractivity contribution in [2.75, 3.05) is 19.4 Å². The fourth-order valence-electron chi connectivity index (χ4n) is 1.14. The molecule has 1 heterocycles. The topological polar surface area (TPSA) is 50.4 Å². The fraction of sp³-hybridized carbons (Fsp3) is 0.857. The molecule has 70 valence electrons. The van der Waals surface area contributed by atoms with Crippen molar-refractivity contribution in [2.24, 2.45) is 0 Å². The molecule has 0 aromatic rings. The van der Waals surface area contributed by atoms with E-state index in [0.29, 0.717) is 5.25 Å². The van der Waals surface area contributed by atoms with Crippen molar-refractivity contribution in [2.45, 2.75) is 18.1 Å². The van der Waals surface area contributed by atoms with Crippen LogP contribution in [0.25, 0.3) is 0 Å². The highest BCUT2D eigenvalue weighted by molar-refractivity contribution is 8.00. The molecule has 2 N–H and O–H groups in total. The van der Waals surface area contributed by atoms with Gasteiger partial charge in [0.1, 0.15) is 0 Å². The van der Waals surface area contributed by atoms with Gasteiger partial charge in [-0.3, -0.25) is 4.84 Å². The van der Waals surface area contributed by atoms with Gasteiger partial charge in [0.15, 0.2) is 0 Å². The molecule has 5 heteroatoms. The number of hydroxylamine groups is 1. The van der Waals surface area contributed by atoms with Gasteiger partial charge in [0.05, 0.1) is 7.11 Å². The van der Waals surface area contributed by atoms with Crippen LogP contribution in [0.4, 0.5) is 4.79 Å². The summed E-state index contributed by atoms with van der Waals surface area (Å²) in [6.45, 7) is 0.736. The second-order valence-electron chi connectivity index (χ2n) is 2.65. The Labute approximate surface area is 76.4 Å². The van der Waals surface area contributed by atoms with E-state index >= 15 is 0 Å². The monoisotopic (exact) mass is 190 g/mol. The number of hydrogen-bond acceptors (Lipinski definition) is 3. The fourth-order valence-corrected chi connectivity index (χ4v) is 2.34. The Morgan fingerprint density at radius 1 is 1.75 bits per heavy atom. The first-order chi connectivity index (χ1) is 5.83. The quantitative estimate of drug-likeness (QED) is 0.645. The largest absolute Gasteiger partial charge is 0.338 e. The second-order valence-corrected chi connectivity index (χ2v) is 4.06. The van der Waals surface area contributed by atoms with Gasteiger partial charge in [-0.15, -0.1) is 0 Å². The highest BCUT2D eigenvalue weighted by Crippen LogP contribution is 2.24. The van der Waals surface area contributed by atoms with Crippen LogP contribution in [0, 0.1) is 0 Å². The second kappa shape index (κ2) is 5.27. The highest BCUT2D eigenvalue weighted by atomic mass is 32.2. The molecule has 1 aliphatic rings. The Morgan fingerprint density at radius 2 is 2.58 bits per heavy atom. The lowest BCUT2D eigenvalue weighted by Gasteiger charge is -2.09. The minimum Gasteiger partial charge on any atom is -0.335 e. The van der Waals surface area contributed by atoms with Gasteiger partial charge in [-0.05, 0) is 18.6 Å². The summed E-state index contributed by atoms with van der Waals surface area (Å²) in [6, 6.07) is -0.259. The molecule has 2 amide bonds. The van der Waals surface area contributed by atoms with Crippen molar-refractivity contribution in [3.8, 4) is 0 Å². The van der Waals surface area contributed by atoms with E-state index in [9.17, 15) is 4.79 Å². The lowest BCUT2D eigenvalue weighted by atomic mass is 10.2. The third-order valence-corrected chi connectivity index (χ3v) is 3.11. The lowest BCUT2D eigenvalue weighted by molar-refractivity contribution is 0.107. The van der Waals surface area contributed by atoms with Crippen molar-refractivity contribution < 1.29 is 9.63 Å². The predicted molar refractivity (Wildman–Crippen MR) is 49.0 cm³/mol. The summed E-state index contributed by atoms with van der Waals surface area (Å²) in [4.78, 5) is 15.3. The summed E-state index contributed by atoms with van der Waals surface area (Å²) < 4.78 is 0. The SMILES string of the molecule is CONC(=O)NCC1CCCS1. The molecule has 1 fully saturated rings. The molecule has 1 rings (SSSR count). The molecule has 1 saturated heterocycles. The van der Waals surface area contributed by atoms with E-state index in [0.717, 1.165) is 6.54 Å². The Morgan fingerprint density at radius 3 is 3.17 bits per heavy atom. The normalized spacial score (nSPS) is 22.2. The maximum absolute atomic E-state index is 10.8. The molecule has 0 bridgehead atoms. The third kappa shape index (κ3) is 3.32. The van der Waals surface area contributed by atoms with Crippen LogP contribution in [0.3, 0.4) is 0 Å². The molecular formula is C7H14N2O2S. The van der Waals surface area contributed by atoms with Gasteiger partial charge in [-0.2, -0.15) is 11.8 Å². The van der Waals surface area contributed by atoms with E-state index in [-0.39, 0.29) is 6.03 Å². The van der Waals surface area contributed by atoms with E-state index in [4.69, 9.17) is 0 Å². The van der Waals surface area contributed by atoms with Crippen LogP contribution >= 0.6 is 11.8 Å². The predicted octanol–water partition coefficient (Wildman–Crippen LogP) is 0.743. The van der Waals surface area contributed by atoms with Crippen LogP contribution in [-0.2, 0) is 4.84 Å². The summed E-state index contributed by atoms with van der Waals surface area (Å²) in [7, 11) is 1.42. The molecule has 1 aliphatic heterocycles. The number of urea groups is 1. The maximum atomic E-state index is 10.8. The average Bonchev–Trinajstić information content (AvgIpc) is 2.53. The minimum atomic E-state index is -0.259. The van der Waals surface area contributed by atoms with E-state index in [1.165, 1.54) is 25.7 Å². The molecule has 0 aromatic heterocycles. The molecule has 0 saturated carbocycles. The van der Waals surface area contributed by atoms with Gasteiger partial charge in [0.2, 0.25) is 0 Å². The van der Waals surface area contributed by atoms with Crippen LogP contribution in [0.2, 0.25) is 0 Å². The zero-order valence-electron chi connectivity index (χ0n) is 7.13. The van der Waals surface area contributed by atoms with E-state index in [1.807, 2.05) is 11.8 Å². The summed E-state index contributed by atoms with van der Waals surface area (Å²) >= 11 is 1.92. The van der Waals surface area contributed by atoms with E-state index in [1.54, 1.807) is 0 Å². The first-order valence-electron chi connectivity index (χ1n) is 4.01. The lowest BCUT2D eigenvalue weighted by Crippen LogP contribution is -2.37. The zero-order valence-corrected chi connectivity index (χ0v) is 7.95. The van der Waals surface area contributed by atoms with E-state index in [2.05, 4.69) is 15.6 Å². The summed E-state index contributed by atoms with van der Waals surface area (Å²) in [6.07, 6.45) is 2.47. The Bertz CT molecular complexity index is 148. The molecule has 1 atom stereocenters. The maximum Gasteiger partial charge on any atom is 0.338 e. The summed E-state index contributed by atoms with van der Waals surface area (Å²) in [5.74, 6) is 1.22. The summed E-state index contributed by atoms with van der Waals surface area (Å²) in [5.41, 5.74) is 2.21. The van der Waals surface area contributed by atoms with Gasteiger partial charge in [0.25, 0.3) is 0 Å². The number of carbonyl (C=O) groups excluding carboxylic acids is 1. The molecule has 1 unspecified atom stereocenters. The first kappa shape index (κ1) is 9.67. The molecule has 0 radical (unpaired) electrons. The Kier molecular flexibility index (Phi) is 4.24. The van der Waals surface area contributed by atoms with Gasteiger partial charge < -0.3 is 5.32 Å². The van der Waals surface area contributed by atoms with Gasteiger partial charge in [-0.25, -0.2) is 10.3 Å². The molecule has 4 nitrogen and oxygen atoms in total. The molecule has 0 aromatic carbocycles. The number of nitrogens with one attached hydrogen (secondary N) is 2. The molecule has 12 heavy (non-hydrogen) atoms. The molecular weight excluding hydrogens is 176 g/mol. The van der Waals surface area contributed by atoms with Crippen molar-refractivity contribution in [1.82, 2.24) is 10.8 Å². The number of hydrogen-bond donors (Lipinski definition) is 2. The average molecular weight is 190 g/mol. The highest BCUT2D eigenvalue weighted by Gasteiger charge is 2.15. The van der Waals surface area contributed by atoms with Crippen molar-refractivity contribution in [1.29, 1.82) is 0 Å². The van der Waals surface area contributed by atoms with Crippen molar-refractivity contribution in [3.63, 3.8) is 0 Å². The van der Waals surface area contributed by atoms with Gasteiger partial charge >= 0.3 is 6.03 Å². The van der Waals surface area contributed by atoms with Crippen molar-refractivity contribution >= 4 is 17.8 Å². The molecule has 0 spiro atoms. The number of thioether (sulfide) groups is 1. The van der Waals surface area contributed by atoms with Crippen LogP contribution in [0.15, 0.2) is 0 Å². The van der Waals surface area contributed by atoms with Crippen LogP contribution in [0.1, 0.15) is 12.8 Å². The van der Waals surface area contributed by atoms with Gasteiger partial charge in [0, 0.05) is 11.8 Å². The Hall–Kier alpha value is -0.420. The van der Waals surface area contributed by atoms with Crippen LogP contribution in [0.5, 0.6) is 0 Å².